The lowest BCUT2D eigenvalue weighted by Gasteiger charge is -2.20. The average Bonchev–Trinajstić information content (AvgIpc) is 2.63. The van der Waals surface area contributed by atoms with Gasteiger partial charge in [0.1, 0.15) is 0 Å². The van der Waals surface area contributed by atoms with Crippen molar-refractivity contribution < 1.29 is 4.74 Å². The Labute approximate surface area is 166 Å². The SMILES string of the molecule is CC.CCCCOC(C)CCC(C)C(C)/C=C\C(C)/C(C)=C/C=C(C)C. The first-order valence-corrected chi connectivity index (χ1v) is 10.9. The lowest BCUT2D eigenvalue weighted by Crippen LogP contribution is -2.13. The Kier molecular flexibility index (Phi) is 18.5. The van der Waals surface area contributed by atoms with Crippen LogP contribution in [0, 0.1) is 17.8 Å². The number of hydrogen-bond acceptors (Lipinski definition) is 1. The molecule has 0 heterocycles. The number of unbranched alkanes of at least 4 members (excludes halogenated alkanes) is 1. The Balaban J connectivity index is 0. The summed E-state index contributed by atoms with van der Waals surface area (Å²) in [5, 5.41) is 0. The number of ether oxygens (including phenoxy) is 1. The van der Waals surface area contributed by atoms with Gasteiger partial charge in [-0.15, -0.1) is 0 Å². The molecular formula is C25H48O. The fraction of sp³-hybridized carbons (Fsp3) is 0.760. The quantitative estimate of drug-likeness (QED) is 0.192. The van der Waals surface area contributed by atoms with Crippen LogP contribution in [0.4, 0.5) is 0 Å². The van der Waals surface area contributed by atoms with Gasteiger partial charge in [0.25, 0.3) is 0 Å². The summed E-state index contributed by atoms with van der Waals surface area (Å²) >= 11 is 0. The van der Waals surface area contributed by atoms with Crippen LogP contribution in [0.25, 0.3) is 0 Å². The van der Waals surface area contributed by atoms with Gasteiger partial charge in [-0.3, -0.25) is 0 Å². The monoisotopic (exact) mass is 364 g/mol. The summed E-state index contributed by atoms with van der Waals surface area (Å²) in [6.07, 6.45) is 14.4. The van der Waals surface area contributed by atoms with Gasteiger partial charge in [0.15, 0.2) is 0 Å². The lowest BCUT2D eigenvalue weighted by atomic mass is 9.89. The summed E-state index contributed by atoms with van der Waals surface area (Å²) in [4.78, 5) is 0. The van der Waals surface area contributed by atoms with Gasteiger partial charge in [0.2, 0.25) is 0 Å². The van der Waals surface area contributed by atoms with Crippen LogP contribution in [0.3, 0.4) is 0 Å². The van der Waals surface area contributed by atoms with Crippen LogP contribution < -0.4 is 0 Å². The molecule has 0 aliphatic carbocycles. The molecule has 0 saturated carbocycles. The highest BCUT2D eigenvalue weighted by Crippen LogP contribution is 2.22. The van der Waals surface area contributed by atoms with Crippen molar-refractivity contribution in [3.63, 3.8) is 0 Å². The molecule has 26 heavy (non-hydrogen) atoms. The Hall–Kier alpha value is -0.820. The van der Waals surface area contributed by atoms with Gasteiger partial charge in [-0.2, -0.15) is 0 Å². The standard InChI is InChI=1S/C23H42O.C2H6/c1-9-10-17-24-23(8)16-15-22(7)21(6)14-13-20(5)19(4)12-11-18(2)3;1-2/h11-14,20-23H,9-10,15-17H2,1-8H3;1-2H3/b14-13-,19-12+;. The van der Waals surface area contributed by atoms with Crippen molar-refractivity contribution >= 4 is 0 Å². The Morgan fingerprint density at radius 1 is 0.885 bits per heavy atom. The third-order valence-corrected chi connectivity index (χ3v) is 4.93. The molecule has 0 aliphatic heterocycles. The maximum atomic E-state index is 5.86. The van der Waals surface area contributed by atoms with E-state index in [1.807, 2.05) is 13.8 Å². The molecule has 0 fully saturated rings. The van der Waals surface area contributed by atoms with Gasteiger partial charge >= 0.3 is 0 Å². The topological polar surface area (TPSA) is 9.23 Å². The van der Waals surface area contributed by atoms with Crippen molar-refractivity contribution in [2.45, 2.75) is 101 Å². The molecule has 0 bridgehead atoms. The lowest BCUT2D eigenvalue weighted by molar-refractivity contribution is 0.0533. The van der Waals surface area contributed by atoms with Crippen LogP contribution in [0.15, 0.2) is 35.5 Å². The Bertz CT molecular complexity index is 398. The van der Waals surface area contributed by atoms with Crippen molar-refractivity contribution in [1.29, 1.82) is 0 Å². The van der Waals surface area contributed by atoms with Gasteiger partial charge in [-0.1, -0.05) is 83.4 Å². The van der Waals surface area contributed by atoms with Crippen molar-refractivity contribution in [3.05, 3.63) is 35.5 Å². The summed E-state index contributed by atoms with van der Waals surface area (Å²) in [5.74, 6) is 1.82. The highest BCUT2D eigenvalue weighted by Gasteiger charge is 2.12. The fourth-order valence-electron chi connectivity index (χ4n) is 2.41. The van der Waals surface area contributed by atoms with E-state index in [1.54, 1.807) is 0 Å². The van der Waals surface area contributed by atoms with Crippen LogP contribution in [0.5, 0.6) is 0 Å². The maximum Gasteiger partial charge on any atom is 0.0547 e. The van der Waals surface area contributed by atoms with Crippen molar-refractivity contribution in [2.75, 3.05) is 6.61 Å². The predicted octanol–water partition coefficient (Wildman–Crippen LogP) is 8.38. The predicted molar refractivity (Wildman–Crippen MR) is 121 cm³/mol. The minimum atomic E-state index is 0.392. The molecule has 0 aliphatic rings. The first kappa shape index (κ1) is 27.4. The van der Waals surface area contributed by atoms with Gasteiger partial charge < -0.3 is 4.74 Å². The number of rotatable bonds is 12. The van der Waals surface area contributed by atoms with Crippen molar-refractivity contribution in [1.82, 2.24) is 0 Å². The maximum absolute atomic E-state index is 5.86. The summed E-state index contributed by atoms with van der Waals surface area (Å²) in [7, 11) is 0. The van der Waals surface area contributed by atoms with Crippen LogP contribution in [-0.4, -0.2) is 12.7 Å². The second-order valence-electron chi connectivity index (χ2n) is 7.78. The van der Waals surface area contributed by atoms with E-state index < -0.39 is 0 Å². The van der Waals surface area contributed by atoms with Crippen LogP contribution in [-0.2, 0) is 4.74 Å². The molecule has 4 unspecified atom stereocenters. The first-order chi connectivity index (χ1) is 12.3. The normalized spacial score (nSPS) is 16.5. The molecule has 0 aromatic carbocycles. The highest BCUT2D eigenvalue weighted by molar-refractivity contribution is 5.19. The fourth-order valence-corrected chi connectivity index (χ4v) is 2.41. The largest absolute Gasteiger partial charge is 0.379 e. The Morgan fingerprint density at radius 3 is 2.04 bits per heavy atom. The highest BCUT2D eigenvalue weighted by atomic mass is 16.5. The molecule has 0 aromatic heterocycles. The summed E-state index contributed by atoms with van der Waals surface area (Å²) in [6, 6.07) is 0. The van der Waals surface area contributed by atoms with Crippen molar-refractivity contribution in [2.24, 2.45) is 17.8 Å². The molecular weight excluding hydrogens is 316 g/mol. The average molecular weight is 365 g/mol. The minimum Gasteiger partial charge on any atom is -0.379 e. The van der Waals surface area contributed by atoms with E-state index in [9.17, 15) is 0 Å². The van der Waals surface area contributed by atoms with E-state index in [1.165, 1.54) is 30.4 Å². The Morgan fingerprint density at radius 2 is 1.50 bits per heavy atom. The number of allylic oxidation sites excluding steroid dienone is 6. The molecule has 0 aromatic rings. The van der Waals surface area contributed by atoms with Gasteiger partial charge in [-0.25, -0.2) is 0 Å². The zero-order valence-corrected chi connectivity index (χ0v) is 19.6. The summed E-state index contributed by atoms with van der Waals surface area (Å²) in [5.41, 5.74) is 2.77. The molecule has 4 atom stereocenters. The molecule has 0 amide bonds. The van der Waals surface area contributed by atoms with Crippen LogP contribution in [0.2, 0.25) is 0 Å². The molecule has 0 rings (SSSR count). The molecule has 0 N–H and O–H groups in total. The molecule has 0 spiro atoms. The minimum absolute atomic E-state index is 0.392. The van der Waals surface area contributed by atoms with Crippen molar-refractivity contribution in [3.8, 4) is 0 Å². The summed E-state index contributed by atoms with van der Waals surface area (Å²) in [6.45, 7) is 22.8. The van der Waals surface area contributed by atoms with Gasteiger partial charge in [-0.05, 0) is 64.7 Å². The second-order valence-corrected chi connectivity index (χ2v) is 7.78. The molecule has 1 heteroatoms. The van der Waals surface area contributed by atoms with E-state index in [0.717, 1.165) is 13.0 Å². The van der Waals surface area contributed by atoms with E-state index in [4.69, 9.17) is 4.74 Å². The van der Waals surface area contributed by atoms with E-state index >= 15 is 0 Å². The zero-order chi connectivity index (χ0) is 20.5. The van der Waals surface area contributed by atoms with Crippen LogP contribution >= 0.6 is 0 Å². The zero-order valence-electron chi connectivity index (χ0n) is 19.6. The van der Waals surface area contributed by atoms with E-state index in [2.05, 4.69) is 79.7 Å². The van der Waals surface area contributed by atoms with E-state index in [-0.39, 0.29) is 0 Å². The number of hydrogen-bond donors (Lipinski definition) is 0. The molecule has 0 saturated heterocycles. The molecule has 154 valence electrons. The van der Waals surface area contributed by atoms with Gasteiger partial charge in [0.05, 0.1) is 6.10 Å². The first-order valence-electron chi connectivity index (χ1n) is 10.9. The third-order valence-electron chi connectivity index (χ3n) is 4.93. The third kappa shape index (κ3) is 15.4. The smallest absolute Gasteiger partial charge is 0.0547 e. The second kappa shape index (κ2) is 17.6. The van der Waals surface area contributed by atoms with E-state index in [0.29, 0.717) is 23.9 Å². The van der Waals surface area contributed by atoms with Crippen LogP contribution in [0.1, 0.15) is 94.9 Å². The van der Waals surface area contributed by atoms with Gasteiger partial charge in [0, 0.05) is 6.61 Å². The summed E-state index contributed by atoms with van der Waals surface area (Å²) < 4.78 is 5.86. The molecule has 1 nitrogen and oxygen atoms in total. The molecule has 0 radical (unpaired) electrons.